The molecule has 14 heteroatoms. The highest BCUT2D eigenvalue weighted by Crippen LogP contribution is 2.48. The topological polar surface area (TPSA) is 75.7 Å². The highest BCUT2D eigenvalue weighted by Gasteiger charge is 2.46. The Balaban J connectivity index is 1.65. The van der Waals surface area contributed by atoms with Crippen molar-refractivity contribution >= 4 is 39.5 Å². The molecule has 3 aromatic carbocycles. The highest BCUT2D eigenvalue weighted by atomic mass is 32.2. The van der Waals surface area contributed by atoms with Crippen LogP contribution in [-0.4, -0.2) is 45.5 Å². The molecule has 0 saturated carbocycles. The fourth-order valence-corrected chi connectivity index (χ4v) is 6.45. The van der Waals surface area contributed by atoms with E-state index in [1.807, 2.05) is 0 Å². The summed E-state index contributed by atoms with van der Waals surface area (Å²) in [6.45, 7) is 0.903. The third-order valence-electron chi connectivity index (χ3n) is 6.03. The molecule has 6 nitrogen and oxygen atoms in total. The molecular weight excluding hydrogens is 606 g/mol. The lowest BCUT2D eigenvalue weighted by Crippen LogP contribution is -2.39. The van der Waals surface area contributed by atoms with Gasteiger partial charge in [0.1, 0.15) is 0 Å². The Morgan fingerprint density at radius 1 is 0.905 bits per heavy atom. The lowest BCUT2D eigenvalue weighted by atomic mass is 9.99. The van der Waals surface area contributed by atoms with Crippen LogP contribution in [0.4, 0.5) is 32.0 Å². The first-order valence-corrected chi connectivity index (χ1v) is 14.9. The van der Waals surface area contributed by atoms with E-state index in [0.717, 1.165) is 24.3 Å². The number of nitrogens with zero attached hydrogens (tertiary/aromatic N) is 1. The van der Waals surface area contributed by atoms with Crippen molar-refractivity contribution in [1.29, 1.82) is 0 Å². The number of ether oxygens (including phenoxy) is 1. The van der Waals surface area contributed by atoms with Crippen molar-refractivity contribution in [2.24, 2.45) is 0 Å². The van der Waals surface area contributed by atoms with Crippen LogP contribution in [0, 0.1) is 0 Å². The van der Waals surface area contributed by atoms with Crippen molar-refractivity contribution in [3.05, 3.63) is 95.1 Å². The van der Waals surface area contributed by atoms with E-state index in [1.165, 1.54) is 29.2 Å². The lowest BCUT2D eigenvalue weighted by Gasteiger charge is -2.25. The van der Waals surface area contributed by atoms with Gasteiger partial charge in [0.2, 0.25) is 15.9 Å². The number of rotatable bonds is 8. The number of halogens is 6. The van der Waals surface area contributed by atoms with Gasteiger partial charge in [-0.2, -0.15) is 26.3 Å². The first kappa shape index (κ1) is 31.4. The molecular formula is C28H24F6N2O4S2. The summed E-state index contributed by atoms with van der Waals surface area (Å²) in [5.41, 5.74) is -4.11. The third kappa shape index (κ3) is 8.29. The number of benzene rings is 3. The van der Waals surface area contributed by atoms with Crippen LogP contribution in [0.5, 0.6) is 0 Å². The summed E-state index contributed by atoms with van der Waals surface area (Å²) in [6, 6.07) is 15.4. The zero-order valence-electron chi connectivity index (χ0n) is 21.7. The van der Waals surface area contributed by atoms with E-state index in [0.29, 0.717) is 17.3 Å². The predicted octanol–water partition coefficient (Wildman–Crippen LogP) is 6.69. The summed E-state index contributed by atoms with van der Waals surface area (Å²) in [4.78, 5) is 13.0. The molecule has 0 bridgehead atoms. The van der Waals surface area contributed by atoms with E-state index in [9.17, 15) is 39.6 Å². The summed E-state index contributed by atoms with van der Waals surface area (Å²) in [5, 5.41) is 0. The van der Waals surface area contributed by atoms with E-state index in [1.54, 1.807) is 30.3 Å². The summed E-state index contributed by atoms with van der Waals surface area (Å²) in [5.74, 6) is -1.01. The van der Waals surface area contributed by atoms with Crippen molar-refractivity contribution < 1.29 is 44.3 Å². The maximum absolute atomic E-state index is 14.2. The van der Waals surface area contributed by atoms with Crippen LogP contribution in [0.15, 0.2) is 82.6 Å². The van der Waals surface area contributed by atoms with Gasteiger partial charge < -0.3 is 9.64 Å². The number of morpholine rings is 1. The second kappa shape index (κ2) is 12.8. The zero-order chi connectivity index (χ0) is 30.5. The molecule has 1 heterocycles. The molecule has 0 unspecified atom stereocenters. The molecule has 1 aliphatic heterocycles. The van der Waals surface area contributed by atoms with Crippen molar-refractivity contribution in [3.63, 3.8) is 0 Å². The van der Waals surface area contributed by atoms with Gasteiger partial charge >= 0.3 is 12.4 Å². The van der Waals surface area contributed by atoms with Gasteiger partial charge in [-0.25, -0.2) is 8.42 Å². The second-order valence-corrected chi connectivity index (χ2v) is 12.0. The van der Waals surface area contributed by atoms with Crippen LogP contribution in [0.1, 0.15) is 22.3 Å². The van der Waals surface area contributed by atoms with Gasteiger partial charge in [0.15, 0.2) is 0 Å². The maximum atomic E-state index is 14.2. The van der Waals surface area contributed by atoms with Crippen LogP contribution in [0.25, 0.3) is 6.08 Å². The summed E-state index contributed by atoms with van der Waals surface area (Å²) in [7, 11) is -3.90. The minimum atomic E-state index is -5.40. The Hall–Kier alpha value is -3.49. The summed E-state index contributed by atoms with van der Waals surface area (Å²) < 4.78 is 118. The third-order valence-corrected chi connectivity index (χ3v) is 8.34. The first-order chi connectivity index (χ1) is 19.7. The van der Waals surface area contributed by atoms with Crippen LogP contribution in [-0.2, 0) is 37.7 Å². The van der Waals surface area contributed by atoms with Gasteiger partial charge in [0.05, 0.1) is 30.1 Å². The molecule has 0 spiro atoms. The van der Waals surface area contributed by atoms with Gasteiger partial charge in [-0.15, -0.1) is 0 Å². The molecule has 1 N–H and O–H groups in total. The Morgan fingerprint density at radius 3 is 2.21 bits per heavy atom. The van der Waals surface area contributed by atoms with Crippen LogP contribution in [0.3, 0.4) is 0 Å². The smallest absolute Gasteiger partial charge is 0.378 e. The molecule has 1 aliphatic rings. The maximum Gasteiger partial charge on any atom is 0.418 e. The zero-order valence-corrected chi connectivity index (χ0v) is 23.3. The van der Waals surface area contributed by atoms with E-state index in [4.69, 9.17) is 4.74 Å². The van der Waals surface area contributed by atoms with Gasteiger partial charge in [-0.3, -0.25) is 9.52 Å². The van der Waals surface area contributed by atoms with Crippen molar-refractivity contribution in [1.82, 2.24) is 4.90 Å². The van der Waals surface area contributed by atoms with E-state index >= 15 is 0 Å². The number of carbonyl (C=O) groups is 1. The van der Waals surface area contributed by atoms with E-state index in [-0.39, 0.29) is 42.6 Å². The normalized spacial score (nSPS) is 14.8. The average Bonchev–Trinajstić information content (AvgIpc) is 2.91. The Labute approximate surface area is 242 Å². The van der Waals surface area contributed by atoms with E-state index in [2.05, 4.69) is 4.72 Å². The largest absolute Gasteiger partial charge is 0.418 e. The molecule has 4 rings (SSSR count). The van der Waals surface area contributed by atoms with Crippen molar-refractivity contribution in [2.75, 3.05) is 31.0 Å². The average molecular weight is 631 g/mol. The molecule has 224 valence electrons. The van der Waals surface area contributed by atoms with Crippen LogP contribution in [0.2, 0.25) is 0 Å². The summed E-state index contributed by atoms with van der Waals surface area (Å²) in [6.07, 6.45) is -9.27. The fraction of sp³-hybridized carbons (Fsp3) is 0.250. The van der Waals surface area contributed by atoms with Crippen LogP contribution >= 0.6 is 11.8 Å². The molecule has 1 saturated heterocycles. The standard InChI is InChI=1S/C28H24F6N2O4S2/c29-27(30,31)25-20(10-12-24(37)36-13-15-40-16-14-36)9-11-23(26(25)28(32,33)34)41-22-8-4-7-21(17-22)35-42(38,39)18-19-5-2-1-3-6-19/h1-12,17,35H,13-16,18H2. The SMILES string of the molecule is O=C(C=Cc1ccc(Sc2cccc(NS(=O)(=O)Cc3ccccc3)c2)c(C(F)(F)F)c1C(F)(F)F)N1CCOCC1. The Bertz CT molecular complexity index is 1550. The monoisotopic (exact) mass is 630 g/mol. The molecule has 3 aromatic rings. The van der Waals surface area contributed by atoms with Gasteiger partial charge in [-0.05, 0) is 41.5 Å². The minimum absolute atomic E-state index is 0.0294. The molecule has 1 fully saturated rings. The lowest BCUT2D eigenvalue weighted by molar-refractivity contribution is -0.163. The molecule has 0 radical (unpaired) electrons. The van der Waals surface area contributed by atoms with E-state index < -0.39 is 49.9 Å². The number of nitrogens with one attached hydrogen (secondary N) is 1. The molecule has 0 aliphatic carbocycles. The molecule has 1 amide bonds. The number of alkyl halides is 6. The van der Waals surface area contributed by atoms with Gasteiger partial charge in [-0.1, -0.05) is 54.2 Å². The minimum Gasteiger partial charge on any atom is -0.378 e. The quantitative estimate of drug-likeness (QED) is 0.222. The number of anilines is 1. The second-order valence-electron chi connectivity index (χ2n) is 9.15. The molecule has 0 atom stereocenters. The molecule has 42 heavy (non-hydrogen) atoms. The fourth-order valence-electron chi connectivity index (χ4n) is 4.22. The number of hydrogen-bond acceptors (Lipinski definition) is 5. The first-order valence-electron chi connectivity index (χ1n) is 12.4. The number of amides is 1. The molecule has 0 aromatic heterocycles. The van der Waals surface area contributed by atoms with Gasteiger partial charge in [0.25, 0.3) is 0 Å². The summed E-state index contributed by atoms with van der Waals surface area (Å²) >= 11 is 0.403. The Morgan fingerprint density at radius 2 is 1.57 bits per heavy atom. The van der Waals surface area contributed by atoms with Crippen LogP contribution < -0.4 is 4.72 Å². The van der Waals surface area contributed by atoms with Crippen molar-refractivity contribution in [2.45, 2.75) is 27.9 Å². The number of sulfonamides is 1. The predicted molar refractivity (Wildman–Crippen MR) is 146 cm³/mol. The van der Waals surface area contributed by atoms with Gasteiger partial charge in [0, 0.05) is 34.6 Å². The number of carbonyl (C=O) groups excluding carboxylic acids is 1. The highest BCUT2D eigenvalue weighted by molar-refractivity contribution is 7.99. The van der Waals surface area contributed by atoms with Crippen molar-refractivity contribution in [3.8, 4) is 0 Å². The Kier molecular flexibility index (Phi) is 9.58. The number of hydrogen-bond donors (Lipinski definition) is 1.